The van der Waals surface area contributed by atoms with Gasteiger partial charge in [-0.3, -0.25) is 4.98 Å². The average molecular weight is 690 g/mol. The highest BCUT2D eigenvalue weighted by Crippen LogP contribution is 2.37. The number of piperidine rings is 2. The van der Waals surface area contributed by atoms with Gasteiger partial charge in [0.05, 0.1) is 57.5 Å². The molecule has 0 bridgehead atoms. The predicted octanol–water partition coefficient (Wildman–Crippen LogP) is 5.13. The number of nitrogens with zero attached hydrogens (tertiary/aromatic N) is 11. The zero-order valence-electron chi connectivity index (χ0n) is 27.2. The number of hydrogen-bond acceptors (Lipinski definition) is 11. The molecule has 2 saturated heterocycles. The normalized spacial score (nSPS) is 19.3. The summed E-state index contributed by atoms with van der Waals surface area (Å²) >= 11 is 3.69. The summed E-state index contributed by atoms with van der Waals surface area (Å²) in [4.78, 5) is 21.8. The first-order valence-corrected chi connectivity index (χ1v) is 18.6. The molecule has 2 aliphatic rings. The maximum Gasteiger partial charge on any atom is 0.270 e. The van der Waals surface area contributed by atoms with E-state index in [9.17, 15) is 0 Å². The molecule has 8 aromatic rings. The van der Waals surface area contributed by atoms with E-state index in [1.807, 2.05) is 73.4 Å². The summed E-state index contributed by atoms with van der Waals surface area (Å²) in [5, 5.41) is 21.8. The molecule has 2 aliphatic heterocycles. The van der Waals surface area contributed by atoms with Crippen molar-refractivity contribution >= 4 is 54.4 Å². The van der Waals surface area contributed by atoms with Crippen LogP contribution in [0.5, 0.6) is 0 Å². The van der Waals surface area contributed by atoms with Crippen molar-refractivity contribution in [1.82, 2.24) is 64.1 Å². The molecule has 2 fully saturated rings. The summed E-state index contributed by atoms with van der Waals surface area (Å²) < 4.78 is 9.91. The van der Waals surface area contributed by atoms with E-state index in [-0.39, 0.29) is 6.04 Å². The number of imidazole rings is 1. The molecule has 0 aromatic carbocycles. The first-order valence-electron chi connectivity index (χ1n) is 17.0. The van der Waals surface area contributed by atoms with Crippen LogP contribution in [0.25, 0.3) is 43.5 Å². The fourth-order valence-electron chi connectivity index (χ4n) is 7.50. The van der Waals surface area contributed by atoms with Gasteiger partial charge in [-0.15, -0.1) is 27.8 Å². The van der Waals surface area contributed by atoms with Gasteiger partial charge in [0.25, 0.3) is 5.95 Å². The summed E-state index contributed by atoms with van der Waals surface area (Å²) in [7, 11) is 0. The van der Waals surface area contributed by atoms with Crippen LogP contribution in [-0.2, 0) is 6.42 Å². The molecule has 2 unspecified atom stereocenters. The molecule has 2 atom stereocenters. The average Bonchev–Trinajstić information content (AvgIpc) is 3.93. The van der Waals surface area contributed by atoms with Crippen LogP contribution in [0.3, 0.4) is 0 Å². The predicted molar refractivity (Wildman–Crippen MR) is 191 cm³/mol. The molecule has 0 amide bonds. The van der Waals surface area contributed by atoms with Gasteiger partial charge in [-0.2, -0.15) is 15.2 Å². The molecule has 248 valence electrons. The van der Waals surface area contributed by atoms with Crippen molar-refractivity contribution in [2.45, 2.75) is 63.8 Å². The molecule has 10 heterocycles. The molecule has 8 aromatic heterocycles. The van der Waals surface area contributed by atoms with Gasteiger partial charge in [0.15, 0.2) is 17.1 Å². The number of hydrogen-bond donors (Lipinski definition) is 2. The van der Waals surface area contributed by atoms with E-state index in [1.165, 1.54) is 32.0 Å². The highest BCUT2D eigenvalue weighted by Gasteiger charge is 2.27. The summed E-state index contributed by atoms with van der Waals surface area (Å²) in [5.41, 5.74) is 6.51. The lowest BCUT2D eigenvalue weighted by molar-refractivity contribution is 0.361. The van der Waals surface area contributed by atoms with Crippen LogP contribution in [0.4, 0.5) is 0 Å². The third kappa shape index (κ3) is 5.31. The Kier molecular flexibility index (Phi) is 6.89. The van der Waals surface area contributed by atoms with Gasteiger partial charge < -0.3 is 15.0 Å². The minimum absolute atomic E-state index is 0.282. The van der Waals surface area contributed by atoms with Crippen molar-refractivity contribution in [3.8, 4) is 11.8 Å². The smallest absolute Gasteiger partial charge is 0.270 e. The van der Waals surface area contributed by atoms with Gasteiger partial charge in [0.2, 0.25) is 0 Å². The third-order valence-electron chi connectivity index (χ3n) is 9.89. The minimum atomic E-state index is 0.282. The lowest BCUT2D eigenvalue weighted by atomic mass is 9.89. The second-order valence-corrected chi connectivity index (χ2v) is 15.7. The zero-order chi connectivity index (χ0) is 32.6. The highest BCUT2D eigenvalue weighted by molar-refractivity contribution is 7.19. The molecule has 0 aliphatic carbocycles. The Morgan fingerprint density at radius 2 is 1.51 bits per heavy atom. The number of nitrogens with one attached hydrogen (secondary N) is 2. The number of thiophene rings is 2. The molecular weight excluding hydrogens is 655 g/mol. The maximum absolute atomic E-state index is 4.97. The van der Waals surface area contributed by atoms with Gasteiger partial charge in [0.1, 0.15) is 11.0 Å². The van der Waals surface area contributed by atoms with Gasteiger partial charge in [-0.05, 0) is 83.1 Å². The fourth-order valence-corrected chi connectivity index (χ4v) is 9.85. The van der Waals surface area contributed by atoms with Crippen molar-refractivity contribution in [3.05, 3.63) is 76.1 Å². The summed E-state index contributed by atoms with van der Waals surface area (Å²) in [5.74, 6) is 2.44. The van der Waals surface area contributed by atoms with E-state index in [0.29, 0.717) is 17.8 Å². The van der Waals surface area contributed by atoms with Crippen LogP contribution in [0.2, 0.25) is 0 Å². The van der Waals surface area contributed by atoms with Crippen LogP contribution >= 0.6 is 22.7 Å². The van der Waals surface area contributed by atoms with E-state index < -0.39 is 0 Å². The Morgan fingerprint density at radius 1 is 0.776 bits per heavy atom. The standard InChI is InChI=1S/C34H35N13S2/c1-19-14-44-18-32(37-13-31(44)39-19)45-16-29-24(41-45)12-28(49-29)22-5-8-36-23(9-22)10-26-33-40-34(43-46(33)15-20(2)38-26)47-17-30-25(42-47)11-27(48-30)21-3-6-35-7-4-21/h11-18,21-23,35-36H,3-10H2,1-2H3. The quantitative estimate of drug-likeness (QED) is 0.244. The molecule has 0 saturated carbocycles. The van der Waals surface area contributed by atoms with Crippen molar-refractivity contribution < 1.29 is 0 Å². The molecule has 15 heteroatoms. The zero-order valence-corrected chi connectivity index (χ0v) is 28.9. The molecule has 49 heavy (non-hydrogen) atoms. The van der Waals surface area contributed by atoms with Crippen LogP contribution < -0.4 is 10.6 Å². The topological polar surface area (TPSA) is 133 Å². The van der Waals surface area contributed by atoms with E-state index in [4.69, 9.17) is 25.3 Å². The SMILES string of the molecule is Cc1cn2nc(-n3cc4sc(C5CCNCC5)cc4n3)nc2c(CC2CC(c3cc4nn(-c5cn6cc(C)nc6cn5)cc4s3)CCN2)n1. The monoisotopic (exact) mass is 689 g/mol. The lowest BCUT2D eigenvalue weighted by Gasteiger charge is -2.29. The summed E-state index contributed by atoms with van der Waals surface area (Å²) in [6.07, 6.45) is 17.2. The number of fused-ring (bicyclic) bond motifs is 4. The number of rotatable bonds is 6. The van der Waals surface area contributed by atoms with Gasteiger partial charge in [-0.1, -0.05) is 0 Å². The van der Waals surface area contributed by atoms with E-state index in [2.05, 4.69) is 45.1 Å². The Morgan fingerprint density at radius 3 is 2.33 bits per heavy atom. The minimum Gasteiger partial charge on any atom is -0.317 e. The Balaban J connectivity index is 0.872. The molecule has 13 nitrogen and oxygen atoms in total. The van der Waals surface area contributed by atoms with Crippen LogP contribution in [0, 0.1) is 13.8 Å². The summed E-state index contributed by atoms with van der Waals surface area (Å²) in [6.45, 7) is 7.15. The molecule has 10 rings (SSSR count). The van der Waals surface area contributed by atoms with Crippen LogP contribution in [0.1, 0.15) is 64.4 Å². The first kappa shape index (κ1) is 29.4. The number of aromatic nitrogens is 11. The van der Waals surface area contributed by atoms with E-state index in [0.717, 1.165) is 84.1 Å². The third-order valence-corrected chi connectivity index (χ3v) is 12.3. The Bertz CT molecular complexity index is 2420. The van der Waals surface area contributed by atoms with Crippen molar-refractivity contribution in [2.24, 2.45) is 0 Å². The second-order valence-electron chi connectivity index (χ2n) is 13.4. The van der Waals surface area contributed by atoms with Gasteiger partial charge >= 0.3 is 0 Å². The fraction of sp³-hybridized carbons (Fsp3) is 0.382. The lowest BCUT2D eigenvalue weighted by Crippen LogP contribution is -2.39. The molecule has 0 radical (unpaired) electrons. The largest absolute Gasteiger partial charge is 0.317 e. The van der Waals surface area contributed by atoms with Crippen molar-refractivity contribution in [3.63, 3.8) is 0 Å². The highest BCUT2D eigenvalue weighted by atomic mass is 32.1. The van der Waals surface area contributed by atoms with Gasteiger partial charge in [0, 0.05) is 28.4 Å². The maximum atomic E-state index is 4.97. The van der Waals surface area contributed by atoms with E-state index in [1.54, 1.807) is 6.20 Å². The van der Waals surface area contributed by atoms with Crippen molar-refractivity contribution in [1.29, 1.82) is 0 Å². The Labute approximate surface area is 289 Å². The Hall–Kier alpha value is -4.57. The molecule has 0 spiro atoms. The second kappa shape index (κ2) is 11.5. The van der Waals surface area contributed by atoms with E-state index >= 15 is 0 Å². The van der Waals surface area contributed by atoms with Crippen LogP contribution in [-0.4, -0.2) is 79.2 Å². The van der Waals surface area contributed by atoms with Crippen molar-refractivity contribution in [2.75, 3.05) is 19.6 Å². The summed E-state index contributed by atoms with van der Waals surface area (Å²) in [6, 6.07) is 4.81. The molecular formula is C34H35N13S2. The molecule has 2 N–H and O–H groups in total. The van der Waals surface area contributed by atoms with Crippen LogP contribution in [0.15, 0.2) is 49.3 Å². The number of aryl methyl sites for hydroxylation is 2. The first-order chi connectivity index (χ1) is 24.0. The van der Waals surface area contributed by atoms with Gasteiger partial charge in [-0.25, -0.2) is 23.8 Å².